The largest absolute Gasteiger partial charge is 0.382 e. The van der Waals surface area contributed by atoms with E-state index in [1.165, 1.54) is 12.4 Å². The summed E-state index contributed by atoms with van der Waals surface area (Å²) in [4.78, 5) is 21.1. The minimum Gasteiger partial charge on any atom is -0.382 e. The van der Waals surface area contributed by atoms with E-state index in [-0.39, 0.29) is 28.8 Å². The normalized spacial score (nSPS) is 14.7. The van der Waals surface area contributed by atoms with Crippen molar-refractivity contribution in [3.8, 4) is 12.3 Å². The summed E-state index contributed by atoms with van der Waals surface area (Å²) >= 11 is 0. The molecule has 0 radical (unpaired) electrons. The number of fused-ring (bicyclic) bond motifs is 1. The monoisotopic (exact) mass is 363 g/mol. The molecule has 1 aliphatic carbocycles. The Morgan fingerprint density at radius 3 is 2.89 bits per heavy atom. The van der Waals surface area contributed by atoms with Gasteiger partial charge in [-0.2, -0.15) is 0 Å². The number of pyridine rings is 1. The first kappa shape index (κ1) is 17.0. The van der Waals surface area contributed by atoms with Crippen LogP contribution in [0, 0.1) is 18.2 Å². The Morgan fingerprint density at radius 1 is 1.41 bits per heavy atom. The van der Waals surface area contributed by atoms with E-state index in [9.17, 15) is 9.18 Å². The van der Waals surface area contributed by atoms with Gasteiger partial charge in [-0.25, -0.2) is 14.4 Å². The molecular formula is C20H18FN5O. The van der Waals surface area contributed by atoms with Gasteiger partial charge in [0.25, 0.3) is 5.56 Å². The lowest BCUT2D eigenvalue weighted by atomic mass is 10.1. The van der Waals surface area contributed by atoms with E-state index in [2.05, 4.69) is 21.2 Å². The fourth-order valence-electron chi connectivity index (χ4n) is 3.33. The highest BCUT2D eigenvalue weighted by atomic mass is 19.1. The van der Waals surface area contributed by atoms with Gasteiger partial charge in [-0.3, -0.25) is 4.79 Å². The van der Waals surface area contributed by atoms with Gasteiger partial charge in [-0.15, -0.1) is 6.42 Å². The molecule has 2 heterocycles. The molecule has 4 rings (SSSR count). The molecule has 2 aromatic heterocycles. The summed E-state index contributed by atoms with van der Waals surface area (Å²) < 4.78 is 15.9. The molecule has 3 aromatic rings. The fraction of sp³-hybridized carbons (Fsp3) is 0.250. The molecule has 7 heteroatoms. The maximum absolute atomic E-state index is 14.3. The second kappa shape index (κ2) is 6.40. The molecule has 1 atom stereocenters. The number of benzene rings is 1. The molecule has 1 aromatic carbocycles. The Hall–Kier alpha value is -3.40. The highest BCUT2D eigenvalue weighted by molar-refractivity contribution is 5.82. The summed E-state index contributed by atoms with van der Waals surface area (Å²) in [6, 6.07) is 6.28. The predicted octanol–water partition coefficient (Wildman–Crippen LogP) is 3.00. The van der Waals surface area contributed by atoms with Crippen LogP contribution in [-0.2, 0) is 0 Å². The van der Waals surface area contributed by atoms with Crippen LogP contribution in [0.1, 0.15) is 43.1 Å². The van der Waals surface area contributed by atoms with Crippen LogP contribution in [0.5, 0.6) is 0 Å². The Labute approximate surface area is 155 Å². The molecule has 1 unspecified atom stereocenters. The second-order valence-corrected chi connectivity index (χ2v) is 6.67. The van der Waals surface area contributed by atoms with Crippen molar-refractivity contribution in [2.45, 2.75) is 31.8 Å². The van der Waals surface area contributed by atoms with Crippen LogP contribution < -0.4 is 16.6 Å². The van der Waals surface area contributed by atoms with Gasteiger partial charge in [-0.05, 0) is 37.3 Å². The summed E-state index contributed by atoms with van der Waals surface area (Å²) in [5.74, 6) is 2.62. The first-order valence-corrected chi connectivity index (χ1v) is 8.68. The average Bonchev–Trinajstić information content (AvgIpc) is 3.46. The Morgan fingerprint density at radius 2 is 2.19 bits per heavy atom. The van der Waals surface area contributed by atoms with Crippen molar-refractivity contribution in [2.75, 3.05) is 11.1 Å². The average molecular weight is 363 g/mol. The zero-order chi connectivity index (χ0) is 19.1. The van der Waals surface area contributed by atoms with Crippen molar-refractivity contribution in [2.24, 2.45) is 0 Å². The Kier molecular flexibility index (Phi) is 4.04. The minimum atomic E-state index is -0.503. The summed E-state index contributed by atoms with van der Waals surface area (Å²) in [5.41, 5.74) is 6.63. The lowest BCUT2D eigenvalue weighted by molar-refractivity contribution is 0.617. The van der Waals surface area contributed by atoms with E-state index in [1.54, 1.807) is 16.7 Å². The van der Waals surface area contributed by atoms with E-state index >= 15 is 0 Å². The Bertz CT molecular complexity index is 1140. The first-order valence-electron chi connectivity index (χ1n) is 8.68. The van der Waals surface area contributed by atoms with Gasteiger partial charge in [0.05, 0.1) is 11.4 Å². The zero-order valence-electron chi connectivity index (χ0n) is 14.7. The van der Waals surface area contributed by atoms with Gasteiger partial charge in [0, 0.05) is 11.7 Å². The standard InChI is InChI=1S/C20H18FN5O/c1-3-14-18(22)23-10-24-19(14)25-11(2)16-9-12-5-4-6-15(21)17(12)20(27)26(16)13-7-8-13/h1,4-6,9-11,13H,7-8H2,2H3,(H3,22,23,24,25). The molecule has 0 amide bonds. The summed E-state index contributed by atoms with van der Waals surface area (Å²) in [7, 11) is 0. The van der Waals surface area contributed by atoms with Crippen LogP contribution in [0.4, 0.5) is 16.0 Å². The number of anilines is 2. The molecule has 6 nitrogen and oxygen atoms in total. The van der Waals surface area contributed by atoms with Crippen molar-refractivity contribution in [1.29, 1.82) is 0 Å². The van der Waals surface area contributed by atoms with Gasteiger partial charge in [0.15, 0.2) is 0 Å². The first-order chi connectivity index (χ1) is 13.0. The number of hydrogen-bond acceptors (Lipinski definition) is 5. The highest BCUT2D eigenvalue weighted by Gasteiger charge is 2.30. The number of nitrogens with two attached hydrogens (primary N) is 1. The minimum absolute atomic E-state index is 0.0864. The maximum atomic E-state index is 14.3. The summed E-state index contributed by atoms with van der Waals surface area (Å²) in [6.45, 7) is 1.90. The second-order valence-electron chi connectivity index (χ2n) is 6.67. The van der Waals surface area contributed by atoms with Gasteiger partial charge < -0.3 is 15.6 Å². The van der Waals surface area contributed by atoms with E-state index < -0.39 is 5.82 Å². The highest BCUT2D eigenvalue weighted by Crippen LogP contribution is 2.37. The molecule has 136 valence electrons. The third-order valence-corrected chi connectivity index (χ3v) is 4.79. The van der Waals surface area contributed by atoms with E-state index in [4.69, 9.17) is 12.2 Å². The predicted molar refractivity (Wildman–Crippen MR) is 103 cm³/mol. The fourth-order valence-corrected chi connectivity index (χ4v) is 3.33. The number of rotatable bonds is 4. The van der Waals surface area contributed by atoms with Crippen LogP contribution in [0.25, 0.3) is 10.8 Å². The molecule has 1 saturated carbocycles. The van der Waals surface area contributed by atoms with Crippen LogP contribution >= 0.6 is 0 Å². The van der Waals surface area contributed by atoms with Gasteiger partial charge in [0.2, 0.25) is 0 Å². The molecule has 0 aliphatic heterocycles. The van der Waals surface area contributed by atoms with E-state index in [0.29, 0.717) is 16.8 Å². The van der Waals surface area contributed by atoms with Crippen LogP contribution in [0.2, 0.25) is 0 Å². The molecule has 3 N–H and O–H groups in total. The molecule has 1 aliphatic rings. The van der Waals surface area contributed by atoms with Crippen LogP contribution in [-0.4, -0.2) is 14.5 Å². The van der Waals surface area contributed by atoms with E-state index in [1.807, 2.05) is 13.0 Å². The number of hydrogen-bond donors (Lipinski definition) is 2. The van der Waals surface area contributed by atoms with Gasteiger partial charge >= 0.3 is 0 Å². The lowest BCUT2D eigenvalue weighted by Gasteiger charge is -2.21. The number of halogens is 1. The van der Waals surface area contributed by atoms with Crippen molar-refractivity contribution < 1.29 is 4.39 Å². The summed E-state index contributed by atoms with van der Waals surface area (Å²) in [6.07, 6.45) is 8.65. The molecular weight excluding hydrogens is 345 g/mol. The molecule has 0 saturated heterocycles. The maximum Gasteiger partial charge on any atom is 0.261 e. The number of nitrogen functional groups attached to an aromatic ring is 1. The number of nitrogens with one attached hydrogen (secondary N) is 1. The van der Waals surface area contributed by atoms with Crippen molar-refractivity contribution >= 4 is 22.4 Å². The summed E-state index contributed by atoms with van der Waals surface area (Å²) in [5, 5.41) is 3.91. The third-order valence-electron chi connectivity index (χ3n) is 4.79. The number of terminal acetylenes is 1. The molecule has 1 fully saturated rings. The topological polar surface area (TPSA) is 85.8 Å². The van der Waals surface area contributed by atoms with Gasteiger partial charge in [0.1, 0.15) is 29.3 Å². The van der Waals surface area contributed by atoms with Crippen molar-refractivity contribution in [3.05, 3.63) is 58.0 Å². The Balaban J connectivity index is 1.84. The lowest BCUT2D eigenvalue weighted by Crippen LogP contribution is -2.27. The van der Waals surface area contributed by atoms with E-state index in [0.717, 1.165) is 18.5 Å². The van der Waals surface area contributed by atoms with Crippen molar-refractivity contribution in [1.82, 2.24) is 14.5 Å². The smallest absolute Gasteiger partial charge is 0.261 e. The number of aromatic nitrogens is 3. The van der Waals surface area contributed by atoms with Crippen molar-refractivity contribution in [3.63, 3.8) is 0 Å². The molecule has 0 bridgehead atoms. The van der Waals surface area contributed by atoms with Crippen LogP contribution in [0.15, 0.2) is 35.4 Å². The van der Waals surface area contributed by atoms with Gasteiger partial charge in [-0.1, -0.05) is 18.1 Å². The SMILES string of the molecule is C#Cc1c(N)ncnc1NC(C)c1cc2cccc(F)c2c(=O)n1C1CC1. The third kappa shape index (κ3) is 2.89. The molecule has 0 spiro atoms. The molecule has 27 heavy (non-hydrogen) atoms. The van der Waals surface area contributed by atoms with Crippen LogP contribution in [0.3, 0.4) is 0 Å². The quantitative estimate of drug-likeness (QED) is 0.696. The number of nitrogens with zero attached hydrogens (tertiary/aromatic N) is 3. The zero-order valence-corrected chi connectivity index (χ0v) is 14.7.